The maximum atomic E-state index is 11.3. The number of fused-ring (bicyclic) bond motifs is 2. The molecule has 0 aromatic heterocycles. The summed E-state index contributed by atoms with van der Waals surface area (Å²) in [5.41, 5.74) is 1.02. The second-order valence-corrected chi connectivity index (χ2v) is 8.90. The molecule has 1 aromatic carbocycles. The van der Waals surface area contributed by atoms with E-state index in [4.69, 9.17) is 0 Å². The van der Waals surface area contributed by atoms with Crippen molar-refractivity contribution in [1.29, 1.82) is 0 Å². The van der Waals surface area contributed by atoms with Gasteiger partial charge in [0.15, 0.2) is 0 Å². The predicted octanol–water partition coefficient (Wildman–Crippen LogP) is 6.08. The minimum atomic E-state index is -0.396. The van der Waals surface area contributed by atoms with Crippen molar-refractivity contribution in [3.05, 3.63) is 35.9 Å². The summed E-state index contributed by atoms with van der Waals surface area (Å²) in [6.45, 7) is 3.33. The highest BCUT2D eigenvalue weighted by atomic mass is 16.3. The van der Waals surface area contributed by atoms with E-state index < -0.39 is 5.60 Å². The normalized spacial score (nSPS) is 29.0. The Bertz CT molecular complexity index is 500. The van der Waals surface area contributed by atoms with E-state index in [0.717, 1.165) is 25.8 Å². The molecule has 2 atom stereocenters. The Balaban J connectivity index is 1.47. The van der Waals surface area contributed by atoms with Gasteiger partial charge in [0.1, 0.15) is 0 Å². The molecule has 2 aliphatic rings. The molecule has 2 bridgehead atoms. The SMILES string of the molecule is CCCCCCCCCC1(O)CC2CCCC(C1)N2Cc1ccccc1. The van der Waals surface area contributed by atoms with Crippen molar-refractivity contribution in [2.24, 2.45) is 0 Å². The number of piperidine rings is 2. The molecule has 0 spiro atoms. The van der Waals surface area contributed by atoms with Crippen LogP contribution in [0.3, 0.4) is 0 Å². The predicted molar refractivity (Wildman–Crippen MR) is 110 cm³/mol. The molecule has 1 N–H and O–H groups in total. The van der Waals surface area contributed by atoms with Crippen LogP contribution in [-0.2, 0) is 6.54 Å². The quantitative estimate of drug-likeness (QED) is 0.513. The van der Waals surface area contributed by atoms with E-state index in [9.17, 15) is 5.11 Å². The fourth-order valence-electron chi connectivity index (χ4n) is 5.29. The van der Waals surface area contributed by atoms with Crippen LogP contribution >= 0.6 is 0 Å². The number of benzene rings is 1. The highest BCUT2D eigenvalue weighted by Crippen LogP contribution is 2.42. The van der Waals surface area contributed by atoms with Crippen molar-refractivity contribution in [2.45, 2.75) is 115 Å². The molecule has 2 nitrogen and oxygen atoms in total. The van der Waals surface area contributed by atoms with Gasteiger partial charge in [0.2, 0.25) is 0 Å². The lowest BCUT2D eigenvalue weighted by Crippen LogP contribution is -2.57. The average Bonchev–Trinajstić information content (AvgIpc) is 2.63. The molecule has 2 heterocycles. The molecular formula is C24H39NO. The number of hydrogen-bond donors (Lipinski definition) is 1. The van der Waals surface area contributed by atoms with Crippen LogP contribution in [0.15, 0.2) is 30.3 Å². The molecule has 0 saturated carbocycles. The summed E-state index contributed by atoms with van der Waals surface area (Å²) in [4.78, 5) is 2.71. The molecule has 0 amide bonds. The Morgan fingerprint density at radius 2 is 1.54 bits per heavy atom. The smallest absolute Gasteiger partial charge is 0.0677 e. The minimum absolute atomic E-state index is 0.396. The van der Waals surface area contributed by atoms with Crippen LogP contribution in [0.5, 0.6) is 0 Å². The Hall–Kier alpha value is -0.860. The Morgan fingerprint density at radius 3 is 2.19 bits per heavy atom. The summed E-state index contributed by atoms with van der Waals surface area (Å²) in [5.74, 6) is 0. The number of unbranched alkanes of at least 4 members (excludes halogenated alkanes) is 6. The first-order chi connectivity index (χ1) is 12.7. The molecule has 1 aromatic rings. The second kappa shape index (κ2) is 9.90. The van der Waals surface area contributed by atoms with Gasteiger partial charge in [-0.15, -0.1) is 0 Å². The molecule has 26 heavy (non-hydrogen) atoms. The third kappa shape index (κ3) is 5.57. The van der Waals surface area contributed by atoms with Gasteiger partial charge in [0.25, 0.3) is 0 Å². The standard InChI is InChI=1S/C24H39NO/c1-2-3-4-5-6-7-11-17-24(26)18-22-15-12-16-23(19-24)25(22)20-21-13-9-8-10-14-21/h8-10,13-14,22-23,26H,2-7,11-12,15-20H2,1H3. The van der Waals surface area contributed by atoms with Crippen molar-refractivity contribution in [2.75, 3.05) is 0 Å². The maximum absolute atomic E-state index is 11.3. The minimum Gasteiger partial charge on any atom is -0.390 e. The van der Waals surface area contributed by atoms with Crippen LogP contribution < -0.4 is 0 Å². The summed E-state index contributed by atoms with van der Waals surface area (Å²) in [6.07, 6.45) is 16.2. The van der Waals surface area contributed by atoms with E-state index in [1.54, 1.807) is 0 Å². The van der Waals surface area contributed by atoms with Crippen LogP contribution in [0, 0.1) is 0 Å². The summed E-state index contributed by atoms with van der Waals surface area (Å²) in [7, 11) is 0. The molecule has 2 unspecified atom stereocenters. The van der Waals surface area contributed by atoms with Gasteiger partial charge < -0.3 is 5.11 Å². The van der Waals surface area contributed by atoms with E-state index in [1.807, 2.05) is 0 Å². The van der Waals surface area contributed by atoms with Crippen LogP contribution in [0.1, 0.15) is 96.0 Å². The van der Waals surface area contributed by atoms with Gasteiger partial charge in [0, 0.05) is 18.6 Å². The monoisotopic (exact) mass is 357 g/mol. The van der Waals surface area contributed by atoms with Gasteiger partial charge in [-0.2, -0.15) is 0 Å². The third-order valence-corrected chi connectivity index (χ3v) is 6.70. The Kier molecular flexibility index (Phi) is 7.57. The van der Waals surface area contributed by atoms with Crippen LogP contribution in [0.4, 0.5) is 0 Å². The lowest BCUT2D eigenvalue weighted by Gasteiger charge is -2.52. The molecule has 0 aliphatic carbocycles. The molecule has 2 saturated heterocycles. The zero-order valence-electron chi connectivity index (χ0n) is 16.8. The van der Waals surface area contributed by atoms with Crippen LogP contribution in [0.25, 0.3) is 0 Å². The molecule has 2 fully saturated rings. The van der Waals surface area contributed by atoms with Gasteiger partial charge in [-0.1, -0.05) is 88.6 Å². The first-order valence-corrected chi connectivity index (χ1v) is 11.2. The Labute approximate surface area is 161 Å². The number of rotatable bonds is 10. The van der Waals surface area contributed by atoms with Gasteiger partial charge >= 0.3 is 0 Å². The van der Waals surface area contributed by atoms with E-state index in [-0.39, 0.29) is 0 Å². The van der Waals surface area contributed by atoms with E-state index in [1.165, 1.54) is 69.8 Å². The van der Waals surface area contributed by atoms with Crippen LogP contribution in [0.2, 0.25) is 0 Å². The molecule has 2 heteroatoms. The van der Waals surface area contributed by atoms with Crippen molar-refractivity contribution in [3.63, 3.8) is 0 Å². The van der Waals surface area contributed by atoms with Crippen molar-refractivity contribution in [3.8, 4) is 0 Å². The molecule has 146 valence electrons. The lowest BCUT2D eigenvalue weighted by molar-refractivity contribution is -0.0999. The fourth-order valence-corrected chi connectivity index (χ4v) is 5.29. The second-order valence-electron chi connectivity index (χ2n) is 8.90. The highest BCUT2D eigenvalue weighted by Gasteiger charge is 2.44. The zero-order chi connectivity index (χ0) is 18.2. The lowest BCUT2D eigenvalue weighted by atomic mass is 9.73. The number of hydrogen-bond acceptors (Lipinski definition) is 2. The third-order valence-electron chi connectivity index (χ3n) is 6.70. The number of aliphatic hydroxyl groups is 1. The topological polar surface area (TPSA) is 23.5 Å². The van der Waals surface area contributed by atoms with E-state index in [0.29, 0.717) is 12.1 Å². The highest BCUT2D eigenvalue weighted by molar-refractivity contribution is 5.15. The van der Waals surface area contributed by atoms with Crippen molar-refractivity contribution in [1.82, 2.24) is 4.90 Å². The fraction of sp³-hybridized carbons (Fsp3) is 0.750. The maximum Gasteiger partial charge on any atom is 0.0677 e. The van der Waals surface area contributed by atoms with Gasteiger partial charge in [-0.3, -0.25) is 4.90 Å². The Morgan fingerprint density at radius 1 is 0.923 bits per heavy atom. The van der Waals surface area contributed by atoms with Crippen LogP contribution in [-0.4, -0.2) is 27.7 Å². The van der Waals surface area contributed by atoms with Crippen molar-refractivity contribution >= 4 is 0 Å². The zero-order valence-corrected chi connectivity index (χ0v) is 16.8. The van der Waals surface area contributed by atoms with E-state index in [2.05, 4.69) is 42.2 Å². The molecule has 2 aliphatic heterocycles. The number of nitrogens with zero attached hydrogens (tertiary/aromatic N) is 1. The first kappa shape index (κ1) is 19.9. The summed E-state index contributed by atoms with van der Waals surface area (Å²) in [5, 5.41) is 11.3. The van der Waals surface area contributed by atoms with Gasteiger partial charge in [-0.25, -0.2) is 0 Å². The van der Waals surface area contributed by atoms with Gasteiger partial charge in [0.05, 0.1) is 5.60 Å². The van der Waals surface area contributed by atoms with E-state index >= 15 is 0 Å². The van der Waals surface area contributed by atoms with Gasteiger partial charge in [-0.05, 0) is 37.7 Å². The molecular weight excluding hydrogens is 318 g/mol. The molecule has 3 rings (SSSR count). The summed E-state index contributed by atoms with van der Waals surface area (Å²) in [6, 6.07) is 12.0. The summed E-state index contributed by atoms with van der Waals surface area (Å²) >= 11 is 0. The largest absolute Gasteiger partial charge is 0.390 e. The first-order valence-electron chi connectivity index (χ1n) is 11.2. The summed E-state index contributed by atoms with van der Waals surface area (Å²) < 4.78 is 0. The average molecular weight is 358 g/mol. The van der Waals surface area contributed by atoms with Crippen molar-refractivity contribution < 1.29 is 5.11 Å². The molecule has 0 radical (unpaired) electrons.